The lowest BCUT2D eigenvalue weighted by molar-refractivity contribution is 0.397. The Morgan fingerprint density at radius 1 is 1.29 bits per heavy atom. The Bertz CT molecular complexity index is 356. The molecule has 0 radical (unpaired) electrons. The molecule has 0 amide bonds. The summed E-state index contributed by atoms with van der Waals surface area (Å²) in [4.78, 5) is 0. The first kappa shape index (κ1) is 12.6. The van der Waals surface area contributed by atoms with E-state index in [2.05, 4.69) is 50.4 Å². The second-order valence-electron chi connectivity index (χ2n) is 5.77. The van der Waals surface area contributed by atoms with Crippen LogP contribution in [0.5, 0.6) is 0 Å². The fourth-order valence-corrected chi connectivity index (χ4v) is 2.83. The summed E-state index contributed by atoms with van der Waals surface area (Å²) in [6.07, 6.45) is 3.76. The Morgan fingerprint density at radius 3 is 2.76 bits per heavy atom. The maximum atomic E-state index is 3.77. The second-order valence-corrected chi connectivity index (χ2v) is 5.77. The summed E-state index contributed by atoms with van der Waals surface area (Å²) in [5.41, 5.74) is 3.10. The van der Waals surface area contributed by atoms with Gasteiger partial charge >= 0.3 is 0 Å². The molecule has 1 aromatic rings. The Labute approximate surface area is 106 Å². The van der Waals surface area contributed by atoms with E-state index >= 15 is 0 Å². The van der Waals surface area contributed by atoms with Gasteiger partial charge in [0.1, 0.15) is 0 Å². The van der Waals surface area contributed by atoms with Crippen molar-refractivity contribution in [2.75, 3.05) is 6.54 Å². The minimum Gasteiger partial charge on any atom is -0.310 e. The number of nitrogens with one attached hydrogen (secondary N) is 1. The van der Waals surface area contributed by atoms with Crippen molar-refractivity contribution in [3.05, 3.63) is 35.4 Å². The molecule has 17 heavy (non-hydrogen) atoms. The van der Waals surface area contributed by atoms with Crippen molar-refractivity contribution in [2.45, 2.75) is 46.1 Å². The number of fused-ring (bicyclic) bond motifs is 1. The smallest absolute Gasteiger partial charge is 0.0325 e. The van der Waals surface area contributed by atoms with E-state index in [9.17, 15) is 0 Å². The Hall–Kier alpha value is -0.820. The van der Waals surface area contributed by atoms with E-state index in [-0.39, 0.29) is 0 Å². The highest BCUT2D eigenvalue weighted by Crippen LogP contribution is 2.29. The van der Waals surface area contributed by atoms with Gasteiger partial charge in [-0.05, 0) is 42.3 Å². The van der Waals surface area contributed by atoms with Crippen LogP contribution in [0.1, 0.15) is 50.8 Å². The fraction of sp³-hybridized carbons (Fsp3) is 0.625. The molecule has 0 aliphatic carbocycles. The highest BCUT2D eigenvalue weighted by Gasteiger charge is 2.22. The molecule has 0 spiro atoms. The maximum Gasteiger partial charge on any atom is 0.0325 e. The van der Waals surface area contributed by atoms with E-state index < -0.39 is 0 Å². The standard InChI is InChI=1S/C16H25N/c1-4-13-10-14-7-5-6-8-15(14)16(17-11-13)9-12(2)3/h5-8,12-13,16-17H,4,9-11H2,1-3H3. The van der Waals surface area contributed by atoms with Gasteiger partial charge in [0.15, 0.2) is 0 Å². The van der Waals surface area contributed by atoms with Crippen LogP contribution in [-0.4, -0.2) is 6.54 Å². The fourth-order valence-electron chi connectivity index (χ4n) is 2.83. The summed E-state index contributed by atoms with van der Waals surface area (Å²) in [6, 6.07) is 9.55. The van der Waals surface area contributed by atoms with Gasteiger partial charge in [0, 0.05) is 6.04 Å². The van der Waals surface area contributed by atoms with Crippen LogP contribution in [0.2, 0.25) is 0 Å². The third-order valence-electron chi connectivity index (χ3n) is 3.88. The van der Waals surface area contributed by atoms with Crippen LogP contribution >= 0.6 is 0 Å². The molecule has 1 aliphatic heterocycles. The molecule has 0 aromatic heterocycles. The average molecular weight is 231 g/mol. The van der Waals surface area contributed by atoms with E-state index in [1.165, 1.54) is 31.4 Å². The third kappa shape index (κ3) is 3.10. The van der Waals surface area contributed by atoms with E-state index in [0.29, 0.717) is 6.04 Å². The van der Waals surface area contributed by atoms with Crippen LogP contribution in [0.25, 0.3) is 0 Å². The number of hydrogen-bond donors (Lipinski definition) is 1. The molecule has 2 atom stereocenters. The molecule has 1 aromatic carbocycles. The zero-order valence-corrected chi connectivity index (χ0v) is 11.4. The van der Waals surface area contributed by atoms with Gasteiger partial charge < -0.3 is 5.32 Å². The minimum atomic E-state index is 0.558. The quantitative estimate of drug-likeness (QED) is 0.830. The lowest BCUT2D eigenvalue weighted by atomic mass is 9.91. The molecule has 1 heteroatoms. The lowest BCUT2D eigenvalue weighted by Crippen LogP contribution is -2.26. The summed E-state index contributed by atoms with van der Waals surface area (Å²) in [5.74, 6) is 1.55. The molecule has 1 nitrogen and oxygen atoms in total. The molecule has 2 unspecified atom stereocenters. The molecule has 0 fully saturated rings. The van der Waals surface area contributed by atoms with Crippen molar-refractivity contribution in [1.82, 2.24) is 5.32 Å². The van der Waals surface area contributed by atoms with Crippen LogP contribution in [0.15, 0.2) is 24.3 Å². The highest BCUT2D eigenvalue weighted by molar-refractivity contribution is 5.31. The van der Waals surface area contributed by atoms with Gasteiger partial charge in [0.2, 0.25) is 0 Å². The highest BCUT2D eigenvalue weighted by atomic mass is 14.9. The van der Waals surface area contributed by atoms with E-state index in [4.69, 9.17) is 0 Å². The summed E-state index contributed by atoms with van der Waals surface area (Å²) >= 11 is 0. The average Bonchev–Trinajstić information content (AvgIpc) is 2.49. The number of benzene rings is 1. The largest absolute Gasteiger partial charge is 0.310 e. The molecular formula is C16H25N. The predicted octanol–water partition coefficient (Wildman–Crippen LogP) is 3.95. The third-order valence-corrected chi connectivity index (χ3v) is 3.88. The van der Waals surface area contributed by atoms with E-state index in [0.717, 1.165) is 11.8 Å². The van der Waals surface area contributed by atoms with Gasteiger partial charge in [-0.1, -0.05) is 51.5 Å². The number of rotatable bonds is 3. The maximum absolute atomic E-state index is 3.77. The van der Waals surface area contributed by atoms with Crippen LogP contribution in [0.4, 0.5) is 0 Å². The van der Waals surface area contributed by atoms with Crippen molar-refractivity contribution in [3.63, 3.8) is 0 Å². The summed E-state index contributed by atoms with van der Waals surface area (Å²) < 4.78 is 0. The van der Waals surface area contributed by atoms with Crippen LogP contribution in [0, 0.1) is 11.8 Å². The van der Waals surface area contributed by atoms with Crippen LogP contribution in [0.3, 0.4) is 0 Å². The molecule has 0 saturated carbocycles. The Kier molecular flexibility index (Phi) is 4.22. The van der Waals surface area contributed by atoms with E-state index in [1.807, 2.05) is 0 Å². The Morgan fingerprint density at radius 2 is 2.06 bits per heavy atom. The van der Waals surface area contributed by atoms with Gasteiger partial charge in [-0.25, -0.2) is 0 Å². The summed E-state index contributed by atoms with van der Waals surface area (Å²) in [5, 5.41) is 3.77. The molecule has 0 saturated heterocycles. The summed E-state index contributed by atoms with van der Waals surface area (Å²) in [6.45, 7) is 8.10. The Balaban J connectivity index is 2.25. The van der Waals surface area contributed by atoms with Crippen molar-refractivity contribution in [3.8, 4) is 0 Å². The lowest BCUT2D eigenvalue weighted by Gasteiger charge is -2.21. The minimum absolute atomic E-state index is 0.558. The SMILES string of the molecule is CCC1CNC(CC(C)C)c2ccccc2C1. The number of hydrogen-bond acceptors (Lipinski definition) is 1. The zero-order valence-electron chi connectivity index (χ0n) is 11.4. The molecule has 1 aliphatic rings. The zero-order chi connectivity index (χ0) is 12.3. The van der Waals surface area contributed by atoms with Gasteiger partial charge in [-0.15, -0.1) is 0 Å². The molecule has 94 valence electrons. The van der Waals surface area contributed by atoms with Crippen molar-refractivity contribution < 1.29 is 0 Å². The first-order valence-electron chi connectivity index (χ1n) is 7.01. The second kappa shape index (κ2) is 5.68. The van der Waals surface area contributed by atoms with Gasteiger partial charge in [-0.3, -0.25) is 0 Å². The molecule has 0 bridgehead atoms. The summed E-state index contributed by atoms with van der Waals surface area (Å²) in [7, 11) is 0. The molecule has 1 N–H and O–H groups in total. The normalized spacial score (nSPS) is 24.5. The van der Waals surface area contributed by atoms with Crippen molar-refractivity contribution in [2.24, 2.45) is 11.8 Å². The van der Waals surface area contributed by atoms with E-state index in [1.54, 1.807) is 5.56 Å². The van der Waals surface area contributed by atoms with Crippen molar-refractivity contribution >= 4 is 0 Å². The predicted molar refractivity (Wildman–Crippen MR) is 74.1 cm³/mol. The first-order valence-corrected chi connectivity index (χ1v) is 7.01. The molecule has 2 rings (SSSR count). The van der Waals surface area contributed by atoms with Crippen LogP contribution < -0.4 is 5.32 Å². The van der Waals surface area contributed by atoms with Crippen molar-refractivity contribution in [1.29, 1.82) is 0 Å². The molecular weight excluding hydrogens is 206 g/mol. The monoisotopic (exact) mass is 231 g/mol. The van der Waals surface area contributed by atoms with Gasteiger partial charge in [0.25, 0.3) is 0 Å². The van der Waals surface area contributed by atoms with Gasteiger partial charge in [-0.2, -0.15) is 0 Å². The topological polar surface area (TPSA) is 12.0 Å². The van der Waals surface area contributed by atoms with Gasteiger partial charge in [0.05, 0.1) is 0 Å². The molecule has 1 heterocycles. The first-order chi connectivity index (χ1) is 8.20. The van der Waals surface area contributed by atoms with Crippen LogP contribution in [-0.2, 0) is 6.42 Å².